The van der Waals surface area contributed by atoms with Crippen molar-refractivity contribution in [3.8, 4) is 11.5 Å². The maximum absolute atomic E-state index is 12.4. The van der Waals surface area contributed by atoms with Crippen LogP contribution in [0.4, 0.5) is 0 Å². The Morgan fingerprint density at radius 1 is 1.12 bits per heavy atom. The number of nitrogens with zero attached hydrogens (tertiary/aromatic N) is 1. The van der Waals surface area contributed by atoms with Crippen molar-refractivity contribution in [1.29, 1.82) is 0 Å². The van der Waals surface area contributed by atoms with Gasteiger partial charge in [-0.1, -0.05) is 6.42 Å². The first-order valence-corrected chi connectivity index (χ1v) is 8.85. The predicted molar refractivity (Wildman–Crippen MR) is 93.2 cm³/mol. The quantitative estimate of drug-likeness (QED) is 0.501. The van der Waals surface area contributed by atoms with E-state index >= 15 is 0 Å². The first-order chi connectivity index (χ1) is 12.1. The van der Waals surface area contributed by atoms with Gasteiger partial charge in [-0.15, -0.1) is 4.37 Å². The molecule has 0 atom stereocenters. The normalized spacial score (nSPS) is 15.1. The summed E-state index contributed by atoms with van der Waals surface area (Å²) < 4.78 is 20.1. The van der Waals surface area contributed by atoms with Crippen molar-refractivity contribution in [2.45, 2.75) is 32.1 Å². The van der Waals surface area contributed by atoms with Crippen LogP contribution in [0.15, 0.2) is 41.2 Å². The van der Waals surface area contributed by atoms with E-state index in [0.717, 1.165) is 10.8 Å². The van der Waals surface area contributed by atoms with Crippen LogP contribution in [0.3, 0.4) is 0 Å². The molecule has 5 rings (SSSR count). The number of benzene rings is 1. The van der Waals surface area contributed by atoms with Crippen molar-refractivity contribution in [3.05, 3.63) is 49.7 Å². The molecule has 7 heteroatoms. The Labute approximate surface area is 144 Å². The molecule has 0 amide bonds. The number of hydrogen-bond donors (Lipinski definition) is 0. The van der Waals surface area contributed by atoms with Crippen LogP contribution >= 0.6 is 11.5 Å². The van der Waals surface area contributed by atoms with Gasteiger partial charge in [-0.25, -0.2) is 9.59 Å². The van der Waals surface area contributed by atoms with E-state index < -0.39 is 10.6 Å². The maximum Gasteiger partial charge on any atom is 0.414 e. The van der Waals surface area contributed by atoms with Crippen molar-refractivity contribution in [2.24, 2.45) is 0 Å². The third-order valence-corrected chi connectivity index (χ3v) is 5.52. The van der Waals surface area contributed by atoms with Gasteiger partial charge in [-0.2, -0.15) is 0 Å². The second kappa shape index (κ2) is 5.16. The molecule has 1 aliphatic rings. The van der Waals surface area contributed by atoms with Crippen LogP contribution in [0.1, 0.15) is 36.3 Å². The first kappa shape index (κ1) is 14.7. The number of aryl methyl sites for hydroxylation is 1. The summed E-state index contributed by atoms with van der Waals surface area (Å²) in [4.78, 5) is 23.1. The molecule has 0 saturated heterocycles. The Morgan fingerprint density at radius 2 is 1.96 bits per heavy atom. The van der Waals surface area contributed by atoms with E-state index in [9.17, 15) is 9.59 Å². The summed E-state index contributed by atoms with van der Waals surface area (Å²) in [6.45, 7) is 1.81. The van der Waals surface area contributed by atoms with E-state index in [1.165, 1.54) is 24.8 Å². The minimum atomic E-state index is -0.579. The van der Waals surface area contributed by atoms with Crippen molar-refractivity contribution >= 4 is 33.5 Å². The van der Waals surface area contributed by atoms with E-state index in [0.29, 0.717) is 34.2 Å². The minimum absolute atomic E-state index is 0.00894. The van der Waals surface area contributed by atoms with Gasteiger partial charge in [0.2, 0.25) is 5.89 Å². The Balaban J connectivity index is 1.82. The lowest BCUT2D eigenvalue weighted by Gasteiger charge is -2.24. The molecule has 0 bridgehead atoms. The molecule has 1 saturated carbocycles. The monoisotopic (exact) mass is 355 g/mol. The Bertz CT molecular complexity index is 1240. The molecule has 0 radical (unpaired) electrons. The molecule has 1 aromatic carbocycles. The second-order valence-electron chi connectivity index (χ2n) is 6.39. The van der Waals surface area contributed by atoms with Gasteiger partial charge in [0, 0.05) is 22.4 Å². The smallest absolute Gasteiger partial charge is 0.414 e. The molecule has 3 heterocycles. The van der Waals surface area contributed by atoms with E-state index in [1.54, 1.807) is 12.3 Å². The van der Waals surface area contributed by atoms with Crippen LogP contribution in [0.5, 0.6) is 0 Å². The second-order valence-corrected chi connectivity index (χ2v) is 7.09. The summed E-state index contributed by atoms with van der Waals surface area (Å²) in [7, 11) is 0. The van der Waals surface area contributed by atoms with Crippen molar-refractivity contribution in [1.82, 2.24) is 4.37 Å². The zero-order valence-corrected chi connectivity index (χ0v) is 14.1. The molecule has 3 aromatic heterocycles. The standard InChI is InChI=1S/C18H13NO5S/c1-8-10-5-11-12(9-3-2-4-9)7-22-13(11)6-14(10)23-17(20)15(8)16-19-25-18(21)24-16/h5-7,9H,2-4H2,1H3. The molecule has 0 unspecified atom stereocenters. The summed E-state index contributed by atoms with van der Waals surface area (Å²) in [5.74, 6) is 0.542. The lowest BCUT2D eigenvalue weighted by molar-refractivity contribution is 0.417. The van der Waals surface area contributed by atoms with Gasteiger partial charge in [-0.05, 0) is 37.3 Å². The van der Waals surface area contributed by atoms with Gasteiger partial charge in [0.1, 0.15) is 16.7 Å². The first-order valence-electron chi connectivity index (χ1n) is 8.07. The number of furan rings is 1. The van der Waals surface area contributed by atoms with Crippen LogP contribution in [-0.4, -0.2) is 4.37 Å². The number of hydrogen-bond acceptors (Lipinski definition) is 7. The highest BCUT2D eigenvalue weighted by Crippen LogP contribution is 2.41. The van der Waals surface area contributed by atoms with Gasteiger partial charge < -0.3 is 13.3 Å². The number of rotatable bonds is 2. The van der Waals surface area contributed by atoms with Gasteiger partial charge in [0.05, 0.1) is 17.8 Å². The van der Waals surface area contributed by atoms with Crippen LogP contribution in [-0.2, 0) is 0 Å². The van der Waals surface area contributed by atoms with Gasteiger partial charge in [0.25, 0.3) is 0 Å². The molecule has 0 spiro atoms. The van der Waals surface area contributed by atoms with Crippen molar-refractivity contribution < 1.29 is 13.3 Å². The molecular weight excluding hydrogens is 342 g/mol. The van der Waals surface area contributed by atoms with Crippen LogP contribution < -0.4 is 10.6 Å². The fourth-order valence-electron chi connectivity index (χ4n) is 3.47. The summed E-state index contributed by atoms with van der Waals surface area (Å²) in [6.07, 6.45) is 5.39. The van der Waals surface area contributed by atoms with E-state index in [4.69, 9.17) is 13.3 Å². The summed E-state index contributed by atoms with van der Waals surface area (Å²) >= 11 is 0.675. The summed E-state index contributed by atoms with van der Waals surface area (Å²) in [6, 6.07) is 3.75. The topological polar surface area (TPSA) is 86.5 Å². The Kier molecular flexibility index (Phi) is 3.03. The summed E-state index contributed by atoms with van der Waals surface area (Å²) in [5.41, 5.74) is 2.66. The number of fused-ring (bicyclic) bond motifs is 2. The van der Waals surface area contributed by atoms with E-state index in [1.807, 2.05) is 13.0 Å². The van der Waals surface area contributed by atoms with Crippen molar-refractivity contribution in [2.75, 3.05) is 0 Å². The van der Waals surface area contributed by atoms with Crippen LogP contribution in [0, 0.1) is 6.92 Å². The Hall–Kier alpha value is -2.67. The van der Waals surface area contributed by atoms with Crippen LogP contribution in [0.2, 0.25) is 0 Å². The molecule has 0 N–H and O–H groups in total. The molecule has 1 aliphatic carbocycles. The third kappa shape index (κ3) is 2.12. The van der Waals surface area contributed by atoms with E-state index in [-0.39, 0.29) is 11.5 Å². The molecule has 1 fully saturated rings. The molecule has 4 aromatic rings. The van der Waals surface area contributed by atoms with Gasteiger partial charge in [0.15, 0.2) is 0 Å². The number of aromatic nitrogens is 1. The highest BCUT2D eigenvalue weighted by Gasteiger charge is 2.25. The van der Waals surface area contributed by atoms with Crippen molar-refractivity contribution in [3.63, 3.8) is 0 Å². The molecule has 6 nitrogen and oxygen atoms in total. The predicted octanol–water partition coefficient (Wildman–Crippen LogP) is 4.19. The minimum Gasteiger partial charge on any atom is -0.464 e. The highest BCUT2D eigenvalue weighted by atomic mass is 32.1. The van der Waals surface area contributed by atoms with Gasteiger partial charge in [-0.3, -0.25) is 0 Å². The SMILES string of the molecule is Cc1c(-c2nsc(=O)o2)c(=O)oc2cc3occ(C4CCC4)c3cc12. The average molecular weight is 355 g/mol. The largest absolute Gasteiger partial charge is 0.464 e. The molecule has 25 heavy (non-hydrogen) atoms. The lowest BCUT2D eigenvalue weighted by atomic mass is 9.80. The van der Waals surface area contributed by atoms with E-state index in [2.05, 4.69) is 4.37 Å². The zero-order chi connectivity index (χ0) is 17.1. The summed E-state index contributed by atoms with van der Waals surface area (Å²) in [5, 5.41) is 1.83. The third-order valence-electron chi connectivity index (χ3n) is 5.03. The Morgan fingerprint density at radius 3 is 2.64 bits per heavy atom. The molecular formula is C18H13NO5S. The molecule has 0 aliphatic heterocycles. The van der Waals surface area contributed by atoms with Crippen LogP contribution in [0.25, 0.3) is 33.4 Å². The highest BCUT2D eigenvalue weighted by molar-refractivity contribution is 7.02. The van der Waals surface area contributed by atoms with Gasteiger partial charge >= 0.3 is 10.6 Å². The zero-order valence-electron chi connectivity index (χ0n) is 13.3. The maximum atomic E-state index is 12.4. The molecule has 126 valence electrons. The fraction of sp³-hybridized carbons (Fsp3) is 0.278. The average Bonchev–Trinajstić information content (AvgIpc) is 3.11. The lowest BCUT2D eigenvalue weighted by Crippen LogP contribution is -2.08. The fourth-order valence-corrected chi connectivity index (χ4v) is 3.87.